The van der Waals surface area contributed by atoms with Crippen molar-refractivity contribution < 1.29 is 19.1 Å². The van der Waals surface area contributed by atoms with Crippen LogP contribution in [-0.4, -0.2) is 33.9 Å². The number of carboxylic acid groups (broad SMARTS) is 1. The molecule has 0 radical (unpaired) electrons. The lowest BCUT2D eigenvalue weighted by Gasteiger charge is -2.18. The van der Waals surface area contributed by atoms with Gasteiger partial charge in [-0.3, -0.25) is 9.59 Å². The first-order chi connectivity index (χ1) is 16.9. The molecule has 0 atom stereocenters. The predicted octanol–water partition coefficient (Wildman–Crippen LogP) is 6.11. The van der Waals surface area contributed by atoms with Gasteiger partial charge in [0.2, 0.25) is 0 Å². The van der Waals surface area contributed by atoms with Gasteiger partial charge in [-0.05, 0) is 66.8 Å². The van der Waals surface area contributed by atoms with Crippen LogP contribution in [0.5, 0.6) is 0 Å². The van der Waals surface area contributed by atoms with Gasteiger partial charge in [-0.2, -0.15) is 0 Å². The average Bonchev–Trinajstić information content (AvgIpc) is 2.87. The van der Waals surface area contributed by atoms with Crippen molar-refractivity contribution in [2.45, 2.75) is 32.2 Å². The molecule has 5 nitrogen and oxygen atoms in total. The number of carbonyl (C=O) groups excluding carboxylic acids is 1. The molecule has 0 saturated heterocycles. The second kappa shape index (κ2) is 10.9. The largest absolute Gasteiger partial charge is 0.481 e. The molecule has 0 spiro atoms. The third-order valence-corrected chi connectivity index (χ3v) is 5.95. The van der Waals surface area contributed by atoms with Crippen LogP contribution in [0.15, 0.2) is 78.9 Å². The molecule has 1 heterocycles. The average molecular weight is 471 g/mol. The summed E-state index contributed by atoms with van der Waals surface area (Å²) < 4.78 is 13.2. The van der Waals surface area contributed by atoms with Crippen molar-refractivity contribution in [2.24, 2.45) is 0 Å². The molecule has 4 aromatic rings. The van der Waals surface area contributed by atoms with E-state index in [0.29, 0.717) is 24.9 Å². The van der Waals surface area contributed by atoms with E-state index >= 15 is 0 Å². The summed E-state index contributed by atoms with van der Waals surface area (Å²) in [6.45, 7) is 0.372. The van der Waals surface area contributed by atoms with E-state index in [-0.39, 0.29) is 18.1 Å². The Morgan fingerprint density at radius 3 is 2.40 bits per heavy atom. The number of benzene rings is 3. The Balaban J connectivity index is 1.62. The van der Waals surface area contributed by atoms with Gasteiger partial charge in [0.1, 0.15) is 5.82 Å². The smallest absolute Gasteiger partial charge is 0.303 e. The maximum atomic E-state index is 13.2. The van der Waals surface area contributed by atoms with Crippen LogP contribution in [0, 0.1) is 5.82 Å². The van der Waals surface area contributed by atoms with Crippen molar-refractivity contribution >= 4 is 22.8 Å². The molecule has 6 heteroatoms. The van der Waals surface area contributed by atoms with E-state index in [1.165, 1.54) is 12.1 Å². The first-order valence-electron chi connectivity index (χ1n) is 11.6. The number of fused-ring (bicyclic) bond motifs is 1. The standard InChI is InChI=1S/C29H27FN2O3/c1-32(19-20-11-14-25(30)15-12-20)29(35)23-13-16-26-24(18-23)17-22(9-5-6-10-27(33)34)28(31-26)21-7-3-2-4-8-21/h2-4,7-8,11-18H,5-6,9-10,19H2,1H3,(H,33,34). The van der Waals surface area contributed by atoms with Gasteiger partial charge in [0, 0.05) is 36.5 Å². The van der Waals surface area contributed by atoms with Crippen molar-refractivity contribution in [2.75, 3.05) is 7.05 Å². The third-order valence-electron chi connectivity index (χ3n) is 5.95. The molecule has 0 saturated carbocycles. The van der Waals surface area contributed by atoms with Crippen molar-refractivity contribution in [1.29, 1.82) is 0 Å². The molecular formula is C29H27FN2O3. The topological polar surface area (TPSA) is 70.5 Å². The van der Waals surface area contributed by atoms with Crippen LogP contribution in [0.3, 0.4) is 0 Å². The fraction of sp³-hybridized carbons (Fsp3) is 0.207. The molecule has 3 aromatic carbocycles. The van der Waals surface area contributed by atoms with Gasteiger partial charge in [0.05, 0.1) is 11.2 Å². The highest BCUT2D eigenvalue weighted by Gasteiger charge is 2.15. The van der Waals surface area contributed by atoms with Crippen LogP contribution in [0.4, 0.5) is 4.39 Å². The summed E-state index contributed by atoms with van der Waals surface area (Å²) in [5, 5.41) is 9.81. The number of aryl methyl sites for hydroxylation is 1. The van der Waals surface area contributed by atoms with Crippen molar-refractivity contribution in [1.82, 2.24) is 9.88 Å². The molecule has 0 unspecified atom stereocenters. The van der Waals surface area contributed by atoms with Crippen molar-refractivity contribution in [3.63, 3.8) is 0 Å². The zero-order valence-corrected chi connectivity index (χ0v) is 19.6. The minimum atomic E-state index is -0.794. The quantitative estimate of drug-likeness (QED) is 0.300. The zero-order valence-electron chi connectivity index (χ0n) is 19.6. The van der Waals surface area contributed by atoms with E-state index in [1.54, 1.807) is 30.1 Å². The summed E-state index contributed by atoms with van der Waals surface area (Å²) in [6.07, 6.45) is 2.16. The number of amides is 1. The number of hydrogen-bond acceptors (Lipinski definition) is 3. The summed E-state index contributed by atoms with van der Waals surface area (Å²) >= 11 is 0. The van der Waals surface area contributed by atoms with E-state index in [2.05, 4.69) is 6.07 Å². The van der Waals surface area contributed by atoms with Gasteiger partial charge in [0.15, 0.2) is 0 Å². The molecule has 1 N–H and O–H groups in total. The Bertz CT molecular complexity index is 1340. The number of carboxylic acids is 1. The molecule has 0 aliphatic rings. The number of aliphatic carboxylic acids is 1. The third kappa shape index (κ3) is 6.09. The minimum absolute atomic E-state index is 0.133. The number of carbonyl (C=O) groups is 2. The van der Waals surface area contributed by atoms with Gasteiger partial charge < -0.3 is 10.0 Å². The van der Waals surface area contributed by atoms with Gasteiger partial charge >= 0.3 is 5.97 Å². The maximum Gasteiger partial charge on any atom is 0.303 e. The Hall–Kier alpha value is -4.06. The summed E-state index contributed by atoms with van der Waals surface area (Å²) in [4.78, 5) is 30.5. The highest BCUT2D eigenvalue weighted by molar-refractivity contribution is 5.98. The lowest BCUT2D eigenvalue weighted by Crippen LogP contribution is -2.26. The Morgan fingerprint density at radius 2 is 1.69 bits per heavy atom. The molecule has 178 valence electrons. The van der Waals surface area contributed by atoms with Crippen LogP contribution in [-0.2, 0) is 17.8 Å². The highest BCUT2D eigenvalue weighted by Crippen LogP contribution is 2.28. The monoisotopic (exact) mass is 470 g/mol. The zero-order chi connectivity index (χ0) is 24.8. The summed E-state index contributed by atoms with van der Waals surface area (Å²) in [7, 11) is 1.72. The summed E-state index contributed by atoms with van der Waals surface area (Å²) in [5.74, 6) is -1.23. The first kappa shape index (κ1) is 24.1. The van der Waals surface area contributed by atoms with Gasteiger partial charge in [0.25, 0.3) is 5.91 Å². The van der Waals surface area contributed by atoms with Crippen LogP contribution in [0.2, 0.25) is 0 Å². The Morgan fingerprint density at radius 1 is 0.943 bits per heavy atom. The van der Waals surface area contributed by atoms with E-state index < -0.39 is 5.97 Å². The molecule has 0 aliphatic carbocycles. The maximum absolute atomic E-state index is 13.2. The van der Waals surface area contributed by atoms with E-state index in [0.717, 1.165) is 39.7 Å². The summed E-state index contributed by atoms with van der Waals surface area (Å²) in [6, 6.07) is 23.6. The van der Waals surface area contributed by atoms with Gasteiger partial charge in [-0.1, -0.05) is 42.5 Å². The van der Waals surface area contributed by atoms with Gasteiger partial charge in [-0.25, -0.2) is 9.37 Å². The number of pyridine rings is 1. The number of hydrogen-bond donors (Lipinski definition) is 1. The second-order valence-corrected chi connectivity index (χ2v) is 8.66. The number of nitrogens with zero attached hydrogens (tertiary/aromatic N) is 2. The van der Waals surface area contributed by atoms with Crippen LogP contribution >= 0.6 is 0 Å². The first-order valence-corrected chi connectivity index (χ1v) is 11.6. The molecule has 0 aliphatic heterocycles. The molecule has 1 amide bonds. The van der Waals surface area contributed by atoms with Crippen molar-refractivity contribution in [3.05, 3.63) is 101 Å². The number of rotatable bonds is 9. The Kier molecular flexibility index (Phi) is 7.51. The van der Waals surface area contributed by atoms with Gasteiger partial charge in [-0.15, -0.1) is 0 Å². The summed E-state index contributed by atoms with van der Waals surface area (Å²) in [5.41, 5.74) is 5.09. The van der Waals surface area contributed by atoms with E-state index in [9.17, 15) is 14.0 Å². The van der Waals surface area contributed by atoms with Crippen LogP contribution < -0.4 is 0 Å². The minimum Gasteiger partial charge on any atom is -0.481 e. The lowest BCUT2D eigenvalue weighted by molar-refractivity contribution is -0.137. The normalized spacial score (nSPS) is 10.9. The molecule has 35 heavy (non-hydrogen) atoms. The van der Waals surface area contributed by atoms with Crippen molar-refractivity contribution in [3.8, 4) is 11.3 Å². The fourth-order valence-corrected chi connectivity index (χ4v) is 4.14. The number of unbranched alkanes of at least 4 members (excludes halogenated alkanes) is 1. The van der Waals surface area contributed by atoms with E-state index in [4.69, 9.17) is 10.1 Å². The molecule has 1 aromatic heterocycles. The SMILES string of the molecule is CN(Cc1ccc(F)cc1)C(=O)c1ccc2nc(-c3ccccc3)c(CCCCC(=O)O)cc2c1. The molecule has 0 fully saturated rings. The number of aromatic nitrogens is 1. The number of halogens is 1. The lowest BCUT2D eigenvalue weighted by atomic mass is 9.98. The van der Waals surface area contributed by atoms with Crippen LogP contribution in [0.25, 0.3) is 22.2 Å². The fourth-order valence-electron chi connectivity index (χ4n) is 4.14. The highest BCUT2D eigenvalue weighted by atomic mass is 19.1. The molecule has 4 rings (SSSR count). The van der Waals surface area contributed by atoms with Crippen LogP contribution in [0.1, 0.15) is 40.7 Å². The molecular weight excluding hydrogens is 443 g/mol. The van der Waals surface area contributed by atoms with E-state index in [1.807, 2.05) is 42.5 Å². The molecule has 0 bridgehead atoms. The predicted molar refractivity (Wildman–Crippen MR) is 135 cm³/mol. The second-order valence-electron chi connectivity index (χ2n) is 8.66. The Labute approximate surface area is 203 Å².